The Morgan fingerprint density at radius 3 is 2.26 bits per heavy atom. The van der Waals surface area contributed by atoms with Crippen LogP contribution in [-0.2, 0) is 15.0 Å². The molecule has 3 rings (SSSR count). The monoisotopic (exact) mass is 343 g/mol. The average molecular weight is 344 g/mol. The highest BCUT2D eigenvalue weighted by Crippen LogP contribution is 2.32. The summed E-state index contributed by atoms with van der Waals surface area (Å²) in [6, 6.07) is 13.5. The molecule has 0 saturated heterocycles. The van der Waals surface area contributed by atoms with Crippen LogP contribution < -0.4 is 0 Å². The van der Waals surface area contributed by atoms with Crippen LogP contribution >= 0.6 is 11.6 Å². The van der Waals surface area contributed by atoms with E-state index in [4.69, 9.17) is 11.6 Å². The molecule has 5 heteroatoms. The first-order valence-electron chi connectivity index (χ1n) is 7.14. The summed E-state index contributed by atoms with van der Waals surface area (Å²) in [6.07, 6.45) is 5.15. The molecule has 2 heterocycles. The zero-order valence-electron chi connectivity index (χ0n) is 12.8. The summed E-state index contributed by atoms with van der Waals surface area (Å²) in [5.74, 6) is 0. The zero-order valence-corrected chi connectivity index (χ0v) is 14.5. The molecule has 0 N–H and O–H groups in total. The summed E-state index contributed by atoms with van der Waals surface area (Å²) >= 11 is 6.14. The van der Waals surface area contributed by atoms with Crippen LogP contribution in [-0.4, -0.2) is 16.2 Å². The van der Waals surface area contributed by atoms with Gasteiger partial charge in [0.25, 0.3) is 0 Å². The molecule has 0 aliphatic heterocycles. The van der Waals surface area contributed by atoms with Gasteiger partial charge in [0.1, 0.15) is 17.1 Å². The van der Waals surface area contributed by atoms with Crippen LogP contribution in [0.15, 0.2) is 59.8 Å². The maximum atomic E-state index is 11.6. The highest BCUT2D eigenvalue weighted by molar-refractivity contribution is 7.84. The van der Waals surface area contributed by atoms with Crippen molar-refractivity contribution in [1.82, 2.24) is 9.97 Å². The second kappa shape index (κ2) is 6.60. The summed E-state index contributed by atoms with van der Waals surface area (Å²) in [4.78, 5) is 9.65. The van der Waals surface area contributed by atoms with Crippen molar-refractivity contribution in [2.45, 2.75) is 11.8 Å². The van der Waals surface area contributed by atoms with Gasteiger partial charge >= 0.3 is 0 Å². The van der Waals surface area contributed by atoms with E-state index in [1.54, 1.807) is 12.5 Å². The lowest BCUT2D eigenvalue weighted by Crippen LogP contribution is -1.92. The Morgan fingerprint density at radius 1 is 0.957 bits per heavy atom. The molecule has 2 aromatic heterocycles. The van der Waals surface area contributed by atoms with Crippen LogP contribution in [0.25, 0.3) is 22.4 Å². The standard InChI is InChI=1S/C18H15ClN2OS/c1-12-3-4-14(10-20-12)18-17(9-15(19)11-21-18)13-5-7-16(8-6-13)23(2)22/h3-11H,1-2H3/p+1. The molecule has 0 spiro atoms. The fourth-order valence-electron chi connectivity index (χ4n) is 2.35. The maximum absolute atomic E-state index is 11.6. The number of aromatic nitrogens is 2. The second-order valence-electron chi connectivity index (χ2n) is 5.28. The molecule has 3 nitrogen and oxygen atoms in total. The number of nitrogens with zero attached hydrogens (tertiary/aromatic N) is 2. The van der Waals surface area contributed by atoms with Crippen LogP contribution in [0.4, 0.5) is 0 Å². The fraction of sp³-hybridized carbons (Fsp3) is 0.111. The third-order valence-corrected chi connectivity index (χ3v) is 4.81. The van der Waals surface area contributed by atoms with Gasteiger partial charge in [0, 0.05) is 29.2 Å². The topological polar surface area (TPSA) is 42.9 Å². The number of hydrogen-bond acceptors (Lipinski definition) is 3. The Kier molecular flexibility index (Phi) is 4.55. The maximum Gasteiger partial charge on any atom is 0.155 e. The number of thiol groups is 1. The van der Waals surface area contributed by atoms with E-state index in [2.05, 4.69) is 9.97 Å². The molecule has 116 valence electrons. The van der Waals surface area contributed by atoms with Crippen LogP contribution in [0.2, 0.25) is 5.02 Å². The molecule has 1 atom stereocenters. The molecule has 1 unspecified atom stereocenters. The fourth-order valence-corrected chi connectivity index (χ4v) is 3.07. The quantitative estimate of drug-likeness (QED) is 0.521. The van der Waals surface area contributed by atoms with Crippen molar-refractivity contribution >= 4 is 22.4 Å². The zero-order chi connectivity index (χ0) is 16.4. The summed E-state index contributed by atoms with van der Waals surface area (Å²) in [5.41, 5.74) is 4.64. The van der Waals surface area contributed by atoms with Crippen molar-refractivity contribution in [3.05, 3.63) is 65.6 Å². The van der Waals surface area contributed by atoms with Gasteiger partial charge in [0.15, 0.2) is 4.90 Å². The summed E-state index contributed by atoms with van der Waals surface area (Å²) in [7, 11) is -1.34. The average Bonchev–Trinajstić information content (AvgIpc) is 2.56. The van der Waals surface area contributed by atoms with Crippen LogP contribution in [0, 0.1) is 6.92 Å². The Bertz CT molecular complexity index is 861. The predicted molar refractivity (Wildman–Crippen MR) is 96.3 cm³/mol. The SMILES string of the molecule is Cc1ccc(-c2ncc(Cl)cc2-c2ccc([SH+](C)=O)cc2)cn1. The van der Waals surface area contributed by atoms with E-state index in [9.17, 15) is 4.21 Å². The lowest BCUT2D eigenvalue weighted by atomic mass is 10.0. The molecule has 1 aromatic carbocycles. The van der Waals surface area contributed by atoms with Gasteiger partial charge in [-0.25, -0.2) is 0 Å². The van der Waals surface area contributed by atoms with Crippen molar-refractivity contribution in [1.29, 1.82) is 0 Å². The number of halogens is 1. The smallest absolute Gasteiger partial charge is 0.155 e. The Morgan fingerprint density at radius 2 is 1.65 bits per heavy atom. The van der Waals surface area contributed by atoms with Gasteiger partial charge in [-0.2, -0.15) is 0 Å². The minimum atomic E-state index is -1.34. The highest BCUT2D eigenvalue weighted by atomic mass is 35.5. The van der Waals surface area contributed by atoms with Crippen molar-refractivity contribution in [3.8, 4) is 22.4 Å². The van der Waals surface area contributed by atoms with Crippen molar-refractivity contribution in [3.63, 3.8) is 0 Å². The van der Waals surface area contributed by atoms with Crippen molar-refractivity contribution in [2.24, 2.45) is 0 Å². The van der Waals surface area contributed by atoms with E-state index in [-0.39, 0.29) is 0 Å². The molecule has 0 radical (unpaired) electrons. The van der Waals surface area contributed by atoms with Crippen LogP contribution in [0.5, 0.6) is 0 Å². The predicted octanol–water partition coefficient (Wildman–Crippen LogP) is 4.46. The number of aryl methyl sites for hydroxylation is 1. The molecule has 3 aromatic rings. The summed E-state index contributed by atoms with van der Waals surface area (Å²) < 4.78 is 11.6. The van der Waals surface area contributed by atoms with E-state index < -0.39 is 10.8 Å². The van der Waals surface area contributed by atoms with E-state index in [1.165, 1.54) is 0 Å². The minimum Gasteiger partial charge on any atom is -0.261 e. The Hall–Kier alpha value is -2.04. The van der Waals surface area contributed by atoms with E-state index in [0.29, 0.717) is 5.02 Å². The molecule has 0 saturated carbocycles. The van der Waals surface area contributed by atoms with Crippen molar-refractivity contribution < 1.29 is 4.21 Å². The summed E-state index contributed by atoms with van der Waals surface area (Å²) in [6.45, 7) is 1.95. The molecule has 23 heavy (non-hydrogen) atoms. The Labute approximate surface area is 142 Å². The highest BCUT2D eigenvalue weighted by Gasteiger charge is 2.12. The van der Waals surface area contributed by atoms with Gasteiger partial charge in [0.2, 0.25) is 0 Å². The number of pyridine rings is 2. The third kappa shape index (κ3) is 3.49. The van der Waals surface area contributed by atoms with Gasteiger partial charge in [-0.3, -0.25) is 9.97 Å². The first kappa shape index (κ1) is 15.8. The molecular weight excluding hydrogens is 328 g/mol. The molecule has 0 aliphatic rings. The van der Waals surface area contributed by atoms with Gasteiger partial charge in [-0.15, -0.1) is 4.21 Å². The third-order valence-electron chi connectivity index (χ3n) is 3.58. The Balaban J connectivity index is 2.12. The van der Waals surface area contributed by atoms with Crippen LogP contribution in [0.3, 0.4) is 0 Å². The number of hydrogen-bond donors (Lipinski definition) is 0. The van der Waals surface area contributed by atoms with E-state index >= 15 is 0 Å². The number of rotatable bonds is 3. The van der Waals surface area contributed by atoms with E-state index in [1.807, 2.05) is 55.6 Å². The molecule has 0 fully saturated rings. The second-order valence-corrected chi connectivity index (χ2v) is 7.23. The normalized spacial score (nSPS) is 12.1. The largest absolute Gasteiger partial charge is 0.261 e. The van der Waals surface area contributed by atoms with Gasteiger partial charge < -0.3 is 0 Å². The summed E-state index contributed by atoms with van der Waals surface area (Å²) in [5, 5.41) is 0.578. The molecular formula is C18H16ClN2OS+. The lowest BCUT2D eigenvalue weighted by molar-refractivity contribution is 0.598. The first-order chi connectivity index (χ1) is 11.0. The van der Waals surface area contributed by atoms with E-state index in [0.717, 1.165) is 33.0 Å². The van der Waals surface area contributed by atoms with Gasteiger partial charge in [0.05, 0.1) is 10.7 Å². The molecule has 0 aliphatic carbocycles. The molecule has 0 amide bonds. The van der Waals surface area contributed by atoms with Crippen molar-refractivity contribution in [2.75, 3.05) is 6.26 Å². The number of benzene rings is 1. The molecule has 0 bridgehead atoms. The van der Waals surface area contributed by atoms with Crippen LogP contribution in [0.1, 0.15) is 5.69 Å². The van der Waals surface area contributed by atoms with Gasteiger partial charge in [-0.05, 0) is 55.0 Å². The van der Waals surface area contributed by atoms with Gasteiger partial charge in [-0.1, -0.05) is 11.6 Å². The first-order valence-corrected chi connectivity index (χ1v) is 9.23. The minimum absolute atomic E-state index is 0.578. The lowest BCUT2D eigenvalue weighted by Gasteiger charge is -2.10.